The van der Waals surface area contributed by atoms with Gasteiger partial charge in [-0.1, -0.05) is 0 Å². The molecule has 1 aromatic heterocycles. The fourth-order valence-electron chi connectivity index (χ4n) is 2.24. The van der Waals surface area contributed by atoms with Crippen LogP contribution < -0.4 is 5.32 Å². The number of nitrogens with one attached hydrogen (secondary N) is 1. The van der Waals surface area contributed by atoms with Gasteiger partial charge in [-0.2, -0.15) is 4.31 Å². The van der Waals surface area contributed by atoms with Gasteiger partial charge in [0, 0.05) is 37.6 Å². The molecule has 2 heterocycles. The highest BCUT2D eigenvalue weighted by molar-refractivity contribution is 7.90. The molecule has 0 saturated carbocycles. The zero-order valence-electron chi connectivity index (χ0n) is 12.1. The first-order chi connectivity index (χ1) is 9.64. The molecule has 1 fully saturated rings. The van der Waals surface area contributed by atoms with Crippen molar-refractivity contribution in [2.45, 2.75) is 35.9 Å². The van der Waals surface area contributed by atoms with Gasteiger partial charge in [-0.3, -0.25) is 0 Å². The fraction of sp³-hybridized carbons (Fsp3) is 0.583. The lowest BCUT2D eigenvalue weighted by atomic mass is 10.1. The van der Waals surface area contributed by atoms with Crippen molar-refractivity contribution in [2.24, 2.45) is 0 Å². The highest BCUT2D eigenvalue weighted by Crippen LogP contribution is 2.21. The molecule has 0 radical (unpaired) electrons. The Kier molecular flexibility index (Phi) is 4.39. The molecule has 2 rings (SSSR count). The average molecular weight is 333 g/mol. The van der Waals surface area contributed by atoms with Gasteiger partial charge >= 0.3 is 0 Å². The summed E-state index contributed by atoms with van der Waals surface area (Å²) in [5.74, 6) is 0. The van der Waals surface area contributed by atoms with E-state index >= 15 is 0 Å². The van der Waals surface area contributed by atoms with Crippen LogP contribution in [0.3, 0.4) is 0 Å². The van der Waals surface area contributed by atoms with E-state index in [0.717, 1.165) is 12.5 Å². The van der Waals surface area contributed by atoms with E-state index in [9.17, 15) is 16.8 Å². The van der Waals surface area contributed by atoms with Crippen molar-refractivity contribution in [1.82, 2.24) is 14.6 Å². The number of piperazine rings is 1. The topological polar surface area (TPSA) is 96.4 Å². The summed E-state index contributed by atoms with van der Waals surface area (Å²) in [6, 6.07) is 2.38. The first-order valence-electron chi connectivity index (χ1n) is 6.55. The summed E-state index contributed by atoms with van der Waals surface area (Å²) < 4.78 is 49.4. The number of sulfonamides is 1. The van der Waals surface area contributed by atoms with Gasteiger partial charge in [-0.25, -0.2) is 21.8 Å². The Bertz CT molecular complexity index is 713. The van der Waals surface area contributed by atoms with Crippen molar-refractivity contribution < 1.29 is 16.8 Å². The van der Waals surface area contributed by atoms with E-state index in [1.807, 2.05) is 13.8 Å². The van der Waals surface area contributed by atoms with Gasteiger partial charge in [-0.05, 0) is 26.0 Å². The number of pyridine rings is 1. The van der Waals surface area contributed by atoms with Gasteiger partial charge in [0.1, 0.15) is 4.90 Å². The van der Waals surface area contributed by atoms with E-state index in [2.05, 4.69) is 10.3 Å². The van der Waals surface area contributed by atoms with E-state index in [1.54, 1.807) is 0 Å². The number of hydrogen-bond donors (Lipinski definition) is 1. The van der Waals surface area contributed by atoms with Gasteiger partial charge in [0.15, 0.2) is 14.9 Å². The van der Waals surface area contributed by atoms with Crippen LogP contribution in [-0.4, -0.2) is 57.6 Å². The lowest BCUT2D eigenvalue weighted by molar-refractivity contribution is 0.233. The summed E-state index contributed by atoms with van der Waals surface area (Å²) in [7, 11) is -7.11. The van der Waals surface area contributed by atoms with Crippen molar-refractivity contribution in [3.63, 3.8) is 0 Å². The number of sulfone groups is 1. The van der Waals surface area contributed by atoms with Crippen molar-refractivity contribution in [2.75, 3.05) is 19.3 Å². The lowest BCUT2D eigenvalue weighted by Crippen LogP contribution is -2.57. The molecule has 1 aliphatic rings. The molecule has 0 aliphatic carbocycles. The molecule has 1 aliphatic heterocycles. The standard InChI is InChI=1S/C12H19N3O4S2/c1-9-10(2)15(7-6-13-9)21(18,19)11-4-5-12(14-8-11)20(3,16)17/h4-5,8-10,13H,6-7H2,1-3H3. The van der Waals surface area contributed by atoms with Crippen molar-refractivity contribution in [3.05, 3.63) is 18.3 Å². The second kappa shape index (κ2) is 5.64. The van der Waals surface area contributed by atoms with Gasteiger partial charge in [0.05, 0.1) is 0 Å². The Hall–Kier alpha value is -1.03. The number of rotatable bonds is 3. The van der Waals surface area contributed by atoms with Crippen LogP contribution in [0, 0.1) is 0 Å². The largest absolute Gasteiger partial charge is 0.311 e. The minimum Gasteiger partial charge on any atom is -0.311 e. The highest BCUT2D eigenvalue weighted by atomic mass is 32.2. The summed E-state index contributed by atoms with van der Waals surface area (Å²) in [5, 5.41) is 3.08. The maximum absolute atomic E-state index is 12.6. The smallest absolute Gasteiger partial charge is 0.244 e. The van der Waals surface area contributed by atoms with Crippen LogP contribution in [0.4, 0.5) is 0 Å². The van der Waals surface area contributed by atoms with Gasteiger partial charge < -0.3 is 5.32 Å². The molecule has 7 nitrogen and oxygen atoms in total. The zero-order valence-corrected chi connectivity index (χ0v) is 13.8. The lowest BCUT2D eigenvalue weighted by Gasteiger charge is -2.37. The minimum absolute atomic E-state index is 0.0100. The van der Waals surface area contributed by atoms with Crippen LogP contribution in [0.25, 0.3) is 0 Å². The van der Waals surface area contributed by atoms with Crippen LogP contribution in [0.2, 0.25) is 0 Å². The van der Waals surface area contributed by atoms with Crippen LogP contribution >= 0.6 is 0 Å². The third kappa shape index (κ3) is 3.25. The number of aromatic nitrogens is 1. The summed E-state index contributed by atoms with van der Waals surface area (Å²) >= 11 is 0. The predicted molar refractivity (Wildman–Crippen MR) is 78.2 cm³/mol. The van der Waals surface area contributed by atoms with Gasteiger partial charge in [0.2, 0.25) is 10.0 Å². The van der Waals surface area contributed by atoms with Crippen LogP contribution in [0.5, 0.6) is 0 Å². The molecule has 0 amide bonds. The quantitative estimate of drug-likeness (QED) is 0.827. The number of hydrogen-bond acceptors (Lipinski definition) is 6. The number of nitrogens with zero attached hydrogens (tertiary/aromatic N) is 2. The third-order valence-corrected chi connectivity index (χ3v) is 6.64. The molecule has 0 bridgehead atoms. The van der Waals surface area contributed by atoms with Crippen LogP contribution in [0.15, 0.2) is 28.3 Å². The highest BCUT2D eigenvalue weighted by Gasteiger charge is 2.34. The van der Waals surface area contributed by atoms with E-state index in [4.69, 9.17) is 0 Å². The fourth-order valence-corrected chi connectivity index (χ4v) is 4.45. The SMILES string of the molecule is CC1NCCN(S(=O)(=O)c2ccc(S(C)(=O)=O)nc2)C1C. The minimum atomic E-state index is -3.67. The van der Waals surface area contributed by atoms with Crippen molar-refractivity contribution in [3.8, 4) is 0 Å². The summed E-state index contributed by atoms with van der Waals surface area (Å²) in [6.07, 6.45) is 2.13. The zero-order chi connectivity index (χ0) is 15.8. The second-order valence-electron chi connectivity index (χ2n) is 5.20. The molecule has 0 aromatic carbocycles. The molecule has 0 spiro atoms. The van der Waals surface area contributed by atoms with Gasteiger partial charge in [-0.15, -0.1) is 0 Å². The van der Waals surface area contributed by atoms with Crippen molar-refractivity contribution >= 4 is 19.9 Å². The average Bonchev–Trinajstić information content (AvgIpc) is 2.41. The second-order valence-corrected chi connectivity index (χ2v) is 9.06. The Morgan fingerprint density at radius 2 is 1.90 bits per heavy atom. The molecule has 9 heteroatoms. The Labute approximate surface area is 125 Å². The summed E-state index contributed by atoms with van der Waals surface area (Å²) in [4.78, 5) is 3.76. The Balaban J connectivity index is 2.36. The first kappa shape index (κ1) is 16.3. The Morgan fingerprint density at radius 3 is 2.43 bits per heavy atom. The first-order valence-corrected chi connectivity index (χ1v) is 9.88. The molecule has 2 atom stereocenters. The third-order valence-electron chi connectivity index (χ3n) is 3.67. The maximum atomic E-state index is 12.6. The molecular weight excluding hydrogens is 314 g/mol. The normalized spacial score (nSPS) is 24.9. The summed E-state index contributed by atoms with van der Waals surface area (Å²) in [5.41, 5.74) is 0. The Morgan fingerprint density at radius 1 is 1.24 bits per heavy atom. The van der Waals surface area contributed by atoms with Gasteiger partial charge in [0.25, 0.3) is 0 Å². The van der Waals surface area contributed by atoms with Crippen LogP contribution in [0.1, 0.15) is 13.8 Å². The van der Waals surface area contributed by atoms with Crippen molar-refractivity contribution in [1.29, 1.82) is 0 Å². The predicted octanol–water partition coefficient (Wildman–Crippen LogP) is -0.144. The van der Waals surface area contributed by atoms with E-state index in [1.165, 1.54) is 16.4 Å². The molecule has 1 aromatic rings. The molecule has 2 unspecified atom stereocenters. The molecular formula is C12H19N3O4S2. The molecule has 118 valence electrons. The van der Waals surface area contributed by atoms with E-state index in [0.29, 0.717) is 13.1 Å². The molecule has 1 N–H and O–H groups in total. The maximum Gasteiger partial charge on any atom is 0.244 e. The van der Waals surface area contributed by atoms with E-state index < -0.39 is 19.9 Å². The monoisotopic (exact) mass is 333 g/mol. The van der Waals surface area contributed by atoms with E-state index in [-0.39, 0.29) is 22.0 Å². The molecule has 21 heavy (non-hydrogen) atoms. The van der Waals surface area contributed by atoms with Crippen LogP contribution in [-0.2, 0) is 19.9 Å². The molecule has 1 saturated heterocycles. The summed E-state index contributed by atoms with van der Waals surface area (Å²) in [6.45, 7) is 4.73.